The quantitative estimate of drug-likeness (QED) is 0.753. The number of phenols is 1. The third-order valence-electron chi connectivity index (χ3n) is 3.61. The lowest BCUT2D eigenvalue weighted by atomic mass is 10.1. The molecular formula is C17H16Cl2N2O3. The predicted molar refractivity (Wildman–Crippen MR) is 94.8 cm³/mol. The van der Waals surface area contributed by atoms with E-state index in [0.29, 0.717) is 28.3 Å². The molecule has 0 saturated heterocycles. The standard InChI is InChI=1S/C9H7Cl2NO.C8H9NO2/c10-5-3-6(11)9(13)8-4(5)1-2-7(8)12;1-11-7-4-2-6(3-5-7)8(9)10/h3,12-13H,1-2H2;2-5H,1H3,(H2,9,10). The average Bonchev–Trinajstić information content (AvgIpc) is 2.96. The van der Waals surface area contributed by atoms with Gasteiger partial charge in [-0.15, -0.1) is 0 Å². The molecule has 0 fully saturated rings. The van der Waals surface area contributed by atoms with Gasteiger partial charge in [0.2, 0.25) is 5.91 Å². The van der Waals surface area contributed by atoms with Gasteiger partial charge in [0.05, 0.1) is 12.1 Å². The van der Waals surface area contributed by atoms with Gasteiger partial charge in [-0.1, -0.05) is 23.2 Å². The molecule has 24 heavy (non-hydrogen) atoms. The second-order valence-corrected chi connectivity index (χ2v) is 5.93. The van der Waals surface area contributed by atoms with Crippen molar-refractivity contribution in [2.75, 3.05) is 7.11 Å². The van der Waals surface area contributed by atoms with Gasteiger partial charge in [-0.2, -0.15) is 0 Å². The Labute approximate surface area is 149 Å². The molecule has 4 N–H and O–H groups in total. The van der Waals surface area contributed by atoms with E-state index >= 15 is 0 Å². The van der Waals surface area contributed by atoms with E-state index in [0.717, 1.165) is 17.7 Å². The summed E-state index contributed by atoms with van der Waals surface area (Å²) < 4.78 is 4.90. The molecule has 2 aromatic carbocycles. The van der Waals surface area contributed by atoms with E-state index in [1.165, 1.54) is 6.07 Å². The van der Waals surface area contributed by atoms with Crippen LogP contribution in [0.1, 0.15) is 27.9 Å². The van der Waals surface area contributed by atoms with Crippen molar-refractivity contribution >= 4 is 34.8 Å². The first kappa shape index (κ1) is 18.1. The SMILES string of the molecule is COc1ccc(C(N)=O)cc1.N=C1CCc2c(Cl)cc(Cl)c(O)c21. The van der Waals surface area contributed by atoms with Crippen molar-refractivity contribution in [2.45, 2.75) is 12.8 Å². The number of hydrogen-bond acceptors (Lipinski definition) is 4. The molecule has 0 saturated carbocycles. The smallest absolute Gasteiger partial charge is 0.248 e. The molecule has 0 aliphatic heterocycles. The number of nitrogens with one attached hydrogen (secondary N) is 1. The van der Waals surface area contributed by atoms with E-state index in [-0.39, 0.29) is 10.8 Å². The number of amides is 1. The Bertz CT molecular complexity index is 789. The largest absolute Gasteiger partial charge is 0.506 e. The second kappa shape index (κ2) is 7.55. The highest BCUT2D eigenvalue weighted by Crippen LogP contribution is 2.39. The van der Waals surface area contributed by atoms with Crippen molar-refractivity contribution in [3.8, 4) is 11.5 Å². The Morgan fingerprint density at radius 3 is 2.38 bits per heavy atom. The number of ether oxygens (including phenoxy) is 1. The van der Waals surface area contributed by atoms with Crippen LogP contribution in [0.5, 0.6) is 11.5 Å². The highest BCUT2D eigenvalue weighted by Gasteiger charge is 2.24. The number of halogens is 2. The summed E-state index contributed by atoms with van der Waals surface area (Å²) in [5, 5.41) is 17.9. The molecule has 7 heteroatoms. The van der Waals surface area contributed by atoms with Crippen molar-refractivity contribution in [2.24, 2.45) is 5.73 Å². The van der Waals surface area contributed by atoms with Crippen LogP contribution in [0, 0.1) is 5.41 Å². The maximum absolute atomic E-state index is 10.6. The molecule has 5 nitrogen and oxygen atoms in total. The molecule has 0 bridgehead atoms. The summed E-state index contributed by atoms with van der Waals surface area (Å²) in [6.07, 6.45) is 1.35. The zero-order valence-electron chi connectivity index (χ0n) is 12.9. The van der Waals surface area contributed by atoms with Gasteiger partial charge in [-0.25, -0.2) is 0 Å². The number of methoxy groups -OCH3 is 1. The Balaban J connectivity index is 0.000000177. The van der Waals surface area contributed by atoms with Crippen LogP contribution in [-0.2, 0) is 6.42 Å². The molecule has 0 atom stereocenters. The Morgan fingerprint density at radius 2 is 1.83 bits per heavy atom. The number of fused-ring (bicyclic) bond motifs is 1. The summed E-state index contributed by atoms with van der Waals surface area (Å²) in [6, 6.07) is 8.17. The van der Waals surface area contributed by atoms with Gasteiger partial charge < -0.3 is 21.0 Å². The summed E-state index contributed by atoms with van der Waals surface area (Å²) in [6.45, 7) is 0. The maximum atomic E-state index is 10.6. The normalized spacial score (nSPS) is 12.2. The minimum absolute atomic E-state index is 0.0106. The molecular weight excluding hydrogens is 351 g/mol. The van der Waals surface area contributed by atoms with Gasteiger partial charge in [0, 0.05) is 21.9 Å². The van der Waals surface area contributed by atoms with Crippen molar-refractivity contribution in [3.63, 3.8) is 0 Å². The number of primary amides is 1. The van der Waals surface area contributed by atoms with E-state index in [2.05, 4.69) is 0 Å². The number of nitrogens with two attached hydrogens (primary N) is 1. The molecule has 2 aromatic rings. The predicted octanol–water partition coefficient (Wildman–Crippen LogP) is 3.81. The maximum Gasteiger partial charge on any atom is 0.248 e. The fourth-order valence-electron chi connectivity index (χ4n) is 2.35. The van der Waals surface area contributed by atoms with Crippen LogP contribution in [0.2, 0.25) is 10.0 Å². The van der Waals surface area contributed by atoms with Crippen LogP contribution < -0.4 is 10.5 Å². The fourth-order valence-corrected chi connectivity index (χ4v) is 2.91. The number of aromatic hydroxyl groups is 1. The van der Waals surface area contributed by atoms with E-state index in [9.17, 15) is 9.90 Å². The zero-order valence-corrected chi connectivity index (χ0v) is 14.4. The second-order valence-electron chi connectivity index (χ2n) is 5.11. The van der Waals surface area contributed by atoms with Gasteiger partial charge in [-0.3, -0.25) is 4.79 Å². The number of rotatable bonds is 2. The summed E-state index contributed by atoms with van der Waals surface area (Å²) in [4.78, 5) is 10.6. The minimum atomic E-state index is -0.423. The minimum Gasteiger partial charge on any atom is -0.506 e. The third-order valence-corrected chi connectivity index (χ3v) is 4.23. The van der Waals surface area contributed by atoms with Crippen molar-refractivity contribution < 1.29 is 14.6 Å². The molecule has 1 aliphatic carbocycles. The highest BCUT2D eigenvalue weighted by molar-refractivity contribution is 6.37. The molecule has 0 heterocycles. The van der Waals surface area contributed by atoms with E-state index < -0.39 is 5.91 Å². The fraction of sp³-hybridized carbons (Fsp3) is 0.176. The molecule has 1 aliphatic rings. The first-order chi connectivity index (χ1) is 11.3. The van der Waals surface area contributed by atoms with E-state index in [1.807, 2.05) is 0 Å². The highest BCUT2D eigenvalue weighted by atomic mass is 35.5. The van der Waals surface area contributed by atoms with E-state index in [4.69, 9.17) is 39.1 Å². The first-order valence-electron chi connectivity index (χ1n) is 7.06. The summed E-state index contributed by atoms with van der Waals surface area (Å²) in [7, 11) is 1.57. The lowest BCUT2D eigenvalue weighted by molar-refractivity contribution is 0.100. The van der Waals surface area contributed by atoms with E-state index in [1.54, 1.807) is 31.4 Å². The lowest BCUT2D eigenvalue weighted by Crippen LogP contribution is -2.10. The molecule has 0 unspecified atom stereocenters. The Morgan fingerprint density at radius 1 is 1.21 bits per heavy atom. The molecule has 0 radical (unpaired) electrons. The monoisotopic (exact) mass is 366 g/mol. The number of hydrogen-bond donors (Lipinski definition) is 3. The topological polar surface area (TPSA) is 96.4 Å². The molecule has 3 rings (SSSR count). The van der Waals surface area contributed by atoms with Crippen LogP contribution in [-0.4, -0.2) is 23.8 Å². The van der Waals surface area contributed by atoms with Gasteiger partial charge in [-0.05, 0) is 48.7 Å². The summed E-state index contributed by atoms with van der Waals surface area (Å²) in [5.41, 5.74) is 7.30. The van der Waals surface area contributed by atoms with Crippen molar-refractivity contribution in [3.05, 3.63) is 57.1 Å². The van der Waals surface area contributed by atoms with Crippen molar-refractivity contribution in [1.29, 1.82) is 5.41 Å². The van der Waals surface area contributed by atoms with Crippen molar-refractivity contribution in [1.82, 2.24) is 0 Å². The first-order valence-corrected chi connectivity index (χ1v) is 7.82. The van der Waals surface area contributed by atoms with Crippen LogP contribution in [0.15, 0.2) is 30.3 Å². The number of phenolic OH excluding ortho intramolecular Hbond substituents is 1. The molecule has 1 amide bonds. The molecule has 126 valence electrons. The lowest BCUT2D eigenvalue weighted by Gasteiger charge is -2.06. The Hall–Kier alpha value is -2.24. The van der Waals surface area contributed by atoms with Crippen LogP contribution in [0.25, 0.3) is 0 Å². The van der Waals surface area contributed by atoms with Gasteiger partial charge >= 0.3 is 0 Å². The third kappa shape index (κ3) is 3.80. The summed E-state index contributed by atoms with van der Waals surface area (Å²) >= 11 is 11.7. The molecule has 0 aromatic heterocycles. The summed E-state index contributed by atoms with van der Waals surface area (Å²) in [5.74, 6) is 0.284. The average molecular weight is 367 g/mol. The van der Waals surface area contributed by atoms with Crippen LogP contribution in [0.3, 0.4) is 0 Å². The zero-order chi connectivity index (χ0) is 17.9. The Kier molecular flexibility index (Phi) is 5.70. The number of carbonyl (C=O) groups excluding carboxylic acids is 1. The van der Waals surface area contributed by atoms with Crippen LogP contribution >= 0.6 is 23.2 Å². The molecule has 0 spiro atoms. The van der Waals surface area contributed by atoms with Gasteiger partial charge in [0.1, 0.15) is 11.5 Å². The number of benzene rings is 2. The van der Waals surface area contributed by atoms with Gasteiger partial charge in [0.15, 0.2) is 0 Å². The van der Waals surface area contributed by atoms with Crippen LogP contribution in [0.4, 0.5) is 0 Å². The number of carbonyl (C=O) groups is 1. The van der Waals surface area contributed by atoms with Gasteiger partial charge in [0.25, 0.3) is 0 Å².